The lowest BCUT2D eigenvalue weighted by atomic mass is 10.0. The number of benzene rings is 1. The zero-order valence-electron chi connectivity index (χ0n) is 14.8. The quantitative estimate of drug-likeness (QED) is 0.330. The molecule has 3 N–H and O–H groups in total. The molecule has 1 aromatic carbocycles. The molecule has 2 rings (SSSR count). The number of rotatable bonds is 6. The molecule has 5 nitrogen and oxygen atoms in total. The third-order valence-corrected chi connectivity index (χ3v) is 5.22. The molecule has 1 aliphatic heterocycles. The minimum Gasteiger partial charge on any atom is -0.494 e. The van der Waals surface area contributed by atoms with Gasteiger partial charge in [0.15, 0.2) is 17.5 Å². The van der Waals surface area contributed by atoms with Crippen molar-refractivity contribution >= 4 is 41.7 Å². The van der Waals surface area contributed by atoms with Crippen LogP contribution in [0.3, 0.4) is 0 Å². The number of methoxy groups -OCH3 is 1. The monoisotopic (exact) mass is 483 g/mol. The Labute approximate surface area is 170 Å². The van der Waals surface area contributed by atoms with E-state index in [9.17, 15) is 9.50 Å². The number of hydrogen-bond acceptors (Lipinski definition) is 4. The topological polar surface area (TPSA) is 65.9 Å². The molecule has 0 amide bonds. The first-order chi connectivity index (χ1) is 11.5. The maximum Gasteiger partial charge on any atom is 0.191 e. The maximum atomic E-state index is 13.9. The summed E-state index contributed by atoms with van der Waals surface area (Å²) in [6, 6.07) is 4.77. The van der Waals surface area contributed by atoms with Gasteiger partial charge in [0, 0.05) is 12.3 Å². The van der Waals surface area contributed by atoms with Gasteiger partial charge in [-0.15, -0.1) is 24.0 Å². The van der Waals surface area contributed by atoms with Crippen LogP contribution in [0.1, 0.15) is 31.9 Å². The van der Waals surface area contributed by atoms with Crippen LogP contribution < -0.4 is 15.4 Å². The van der Waals surface area contributed by atoms with Crippen molar-refractivity contribution in [3.8, 4) is 5.75 Å². The zero-order chi connectivity index (χ0) is 17.6. The van der Waals surface area contributed by atoms with E-state index in [4.69, 9.17) is 4.74 Å². The summed E-state index contributed by atoms with van der Waals surface area (Å²) in [5.41, 5.74) is 0.0803. The molecule has 8 heteroatoms. The predicted molar refractivity (Wildman–Crippen MR) is 113 cm³/mol. The predicted octanol–water partition coefficient (Wildman–Crippen LogP) is 2.94. The van der Waals surface area contributed by atoms with Crippen LogP contribution in [-0.4, -0.2) is 48.4 Å². The third-order valence-electron chi connectivity index (χ3n) is 3.99. The minimum atomic E-state index is -0.720. The number of aliphatic hydroxyl groups is 1. The summed E-state index contributed by atoms with van der Waals surface area (Å²) in [4.78, 5) is 4.50. The Bertz CT molecular complexity index is 583. The van der Waals surface area contributed by atoms with E-state index < -0.39 is 5.60 Å². The van der Waals surface area contributed by atoms with Gasteiger partial charge in [-0.3, -0.25) is 4.99 Å². The highest BCUT2D eigenvalue weighted by Gasteiger charge is 2.31. The highest BCUT2D eigenvalue weighted by atomic mass is 127. The first-order valence-electron chi connectivity index (χ1n) is 8.16. The van der Waals surface area contributed by atoms with Gasteiger partial charge in [-0.2, -0.15) is 11.8 Å². The molecule has 0 radical (unpaired) electrons. The molecule has 1 heterocycles. The number of aliphatic imine (C=N–C) groups is 1. The van der Waals surface area contributed by atoms with E-state index in [2.05, 4.69) is 15.6 Å². The number of nitrogens with zero attached hydrogens (tertiary/aromatic N) is 1. The van der Waals surface area contributed by atoms with E-state index >= 15 is 0 Å². The van der Waals surface area contributed by atoms with Gasteiger partial charge in [-0.25, -0.2) is 4.39 Å². The molecular weight excluding hydrogens is 456 g/mol. The van der Waals surface area contributed by atoms with Crippen molar-refractivity contribution in [1.29, 1.82) is 0 Å². The molecular formula is C17H27FIN3O2S. The highest BCUT2D eigenvalue weighted by Crippen LogP contribution is 2.28. The van der Waals surface area contributed by atoms with Crippen LogP contribution in [0.2, 0.25) is 0 Å². The third kappa shape index (κ3) is 6.49. The first kappa shape index (κ1) is 22.3. The van der Waals surface area contributed by atoms with Gasteiger partial charge in [-0.1, -0.05) is 6.07 Å². The van der Waals surface area contributed by atoms with E-state index in [0.29, 0.717) is 19.0 Å². The van der Waals surface area contributed by atoms with Crippen LogP contribution in [0.25, 0.3) is 0 Å². The van der Waals surface area contributed by atoms with Crippen molar-refractivity contribution in [2.24, 2.45) is 4.99 Å². The average Bonchev–Trinajstić information content (AvgIpc) is 3.00. The summed E-state index contributed by atoms with van der Waals surface area (Å²) >= 11 is 1.75. The number of nitrogens with one attached hydrogen (secondary N) is 2. The molecule has 1 aromatic rings. The highest BCUT2D eigenvalue weighted by molar-refractivity contribution is 14.0. The summed E-state index contributed by atoms with van der Waals surface area (Å²) in [6.07, 6.45) is 0.764. The van der Waals surface area contributed by atoms with E-state index in [1.165, 1.54) is 13.2 Å². The van der Waals surface area contributed by atoms with Gasteiger partial charge in [0.25, 0.3) is 0 Å². The standard InChI is InChI=1S/C17H26FN3O2S.HI/c1-4-19-16(20-10-17(22)7-8-24-11-17)21-12(2)13-5-6-15(23-3)14(18)9-13;/h5-6,9,12,22H,4,7-8,10-11H2,1-3H3,(H2,19,20,21);1H. The summed E-state index contributed by atoms with van der Waals surface area (Å²) in [6.45, 7) is 4.99. The largest absolute Gasteiger partial charge is 0.494 e. The fourth-order valence-electron chi connectivity index (χ4n) is 2.51. The lowest BCUT2D eigenvalue weighted by Gasteiger charge is -2.22. The fraction of sp³-hybridized carbons (Fsp3) is 0.588. The lowest BCUT2D eigenvalue weighted by Crippen LogP contribution is -2.41. The number of ether oxygens (including phenoxy) is 1. The van der Waals surface area contributed by atoms with E-state index in [1.807, 2.05) is 19.9 Å². The summed E-state index contributed by atoms with van der Waals surface area (Å²) in [5, 5.41) is 16.8. The van der Waals surface area contributed by atoms with Gasteiger partial charge >= 0.3 is 0 Å². The van der Waals surface area contributed by atoms with Crippen LogP contribution in [0.15, 0.2) is 23.2 Å². The van der Waals surface area contributed by atoms with Crippen LogP contribution in [0.5, 0.6) is 5.75 Å². The molecule has 1 saturated heterocycles. The van der Waals surface area contributed by atoms with Gasteiger partial charge in [0.1, 0.15) is 0 Å². The lowest BCUT2D eigenvalue weighted by molar-refractivity contribution is 0.0778. The first-order valence-corrected chi connectivity index (χ1v) is 9.31. The Balaban J connectivity index is 0.00000312. The fourth-order valence-corrected chi connectivity index (χ4v) is 3.79. The number of hydrogen-bond donors (Lipinski definition) is 3. The average molecular weight is 483 g/mol. The molecule has 142 valence electrons. The second-order valence-corrected chi connectivity index (χ2v) is 7.09. The Hall–Kier alpha value is -0.740. The Morgan fingerprint density at radius 3 is 2.84 bits per heavy atom. The summed E-state index contributed by atoms with van der Waals surface area (Å²) in [7, 11) is 1.45. The Kier molecular flexibility index (Phi) is 9.29. The van der Waals surface area contributed by atoms with Gasteiger partial charge < -0.3 is 20.5 Å². The SMILES string of the molecule is CCNC(=NCC1(O)CCSC1)NC(C)c1ccc(OC)c(F)c1.I. The molecule has 0 spiro atoms. The second kappa shape index (κ2) is 10.4. The molecule has 0 aliphatic carbocycles. The van der Waals surface area contributed by atoms with E-state index in [-0.39, 0.29) is 41.6 Å². The minimum absolute atomic E-state index is 0. The summed E-state index contributed by atoms with van der Waals surface area (Å²) in [5.74, 6) is 2.15. The van der Waals surface area contributed by atoms with Crippen molar-refractivity contribution in [2.45, 2.75) is 31.9 Å². The van der Waals surface area contributed by atoms with Crippen molar-refractivity contribution < 1.29 is 14.2 Å². The van der Waals surface area contributed by atoms with Crippen molar-refractivity contribution in [3.05, 3.63) is 29.6 Å². The molecule has 25 heavy (non-hydrogen) atoms. The molecule has 0 bridgehead atoms. The number of guanidine groups is 1. The van der Waals surface area contributed by atoms with E-state index in [0.717, 1.165) is 23.5 Å². The van der Waals surface area contributed by atoms with Crippen molar-refractivity contribution in [3.63, 3.8) is 0 Å². The Morgan fingerprint density at radius 1 is 1.52 bits per heavy atom. The number of thioether (sulfide) groups is 1. The van der Waals surface area contributed by atoms with Crippen LogP contribution in [0, 0.1) is 5.82 Å². The molecule has 2 atom stereocenters. The van der Waals surface area contributed by atoms with E-state index in [1.54, 1.807) is 17.8 Å². The summed E-state index contributed by atoms with van der Waals surface area (Å²) < 4.78 is 18.8. The van der Waals surface area contributed by atoms with Crippen LogP contribution >= 0.6 is 35.7 Å². The molecule has 0 aromatic heterocycles. The van der Waals surface area contributed by atoms with Crippen LogP contribution in [-0.2, 0) is 0 Å². The molecule has 1 aliphatic rings. The van der Waals surface area contributed by atoms with Crippen LogP contribution in [0.4, 0.5) is 4.39 Å². The second-order valence-electron chi connectivity index (χ2n) is 5.98. The van der Waals surface area contributed by atoms with Crippen molar-refractivity contribution in [1.82, 2.24) is 10.6 Å². The van der Waals surface area contributed by atoms with Gasteiger partial charge in [0.05, 0.1) is 25.3 Å². The normalized spacial score (nSPS) is 21.4. The van der Waals surface area contributed by atoms with Gasteiger partial charge in [0.2, 0.25) is 0 Å². The molecule has 0 saturated carbocycles. The number of halogens is 2. The molecule has 1 fully saturated rings. The van der Waals surface area contributed by atoms with Gasteiger partial charge in [-0.05, 0) is 43.7 Å². The maximum absolute atomic E-state index is 13.9. The van der Waals surface area contributed by atoms with Crippen molar-refractivity contribution in [2.75, 3.05) is 31.7 Å². The smallest absolute Gasteiger partial charge is 0.191 e. The Morgan fingerprint density at radius 2 is 2.28 bits per heavy atom. The zero-order valence-corrected chi connectivity index (χ0v) is 18.0. The molecule has 2 unspecified atom stereocenters.